The Bertz CT molecular complexity index is 658. The van der Waals surface area contributed by atoms with Crippen molar-refractivity contribution < 1.29 is 0 Å². The highest BCUT2D eigenvalue weighted by Crippen LogP contribution is 2.08. The highest BCUT2D eigenvalue weighted by Gasteiger charge is 2.09. The molecule has 6 heteroatoms. The van der Waals surface area contributed by atoms with Crippen molar-refractivity contribution in [1.82, 2.24) is 25.3 Å². The molecule has 27 heavy (non-hydrogen) atoms. The Labute approximate surface area is 163 Å². The monoisotopic (exact) mass is 370 g/mol. The molecule has 148 valence electrons. The van der Waals surface area contributed by atoms with Crippen molar-refractivity contribution in [2.24, 2.45) is 4.99 Å². The molecular formula is C21H34N6. The van der Waals surface area contributed by atoms with E-state index in [4.69, 9.17) is 4.99 Å². The fraction of sp³-hybridized carbons (Fsp3) is 0.524. The number of benzene rings is 1. The van der Waals surface area contributed by atoms with E-state index < -0.39 is 0 Å². The zero-order valence-corrected chi connectivity index (χ0v) is 17.2. The molecule has 1 heterocycles. The van der Waals surface area contributed by atoms with E-state index in [0.29, 0.717) is 6.04 Å². The summed E-state index contributed by atoms with van der Waals surface area (Å²) in [7, 11) is 0. The fourth-order valence-electron chi connectivity index (χ4n) is 3.09. The summed E-state index contributed by atoms with van der Waals surface area (Å²) in [6, 6.07) is 10.9. The van der Waals surface area contributed by atoms with Crippen molar-refractivity contribution >= 4 is 5.96 Å². The maximum atomic E-state index is 4.75. The minimum absolute atomic E-state index is 0.449. The van der Waals surface area contributed by atoms with E-state index in [0.717, 1.165) is 50.8 Å². The van der Waals surface area contributed by atoms with E-state index in [1.807, 2.05) is 16.9 Å². The average Bonchev–Trinajstić information content (AvgIpc) is 3.22. The highest BCUT2D eigenvalue weighted by atomic mass is 15.3. The molecule has 1 atom stereocenters. The summed E-state index contributed by atoms with van der Waals surface area (Å²) in [4.78, 5) is 7.18. The van der Waals surface area contributed by atoms with Crippen LogP contribution in [-0.4, -0.2) is 59.4 Å². The number of guanidine groups is 1. The van der Waals surface area contributed by atoms with Gasteiger partial charge in [0.05, 0.1) is 12.2 Å². The molecule has 0 radical (unpaired) electrons. The molecule has 1 aromatic carbocycles. The smallest absolute Gasteiger partial charge is 0.191 e. The van der Waals surface area contributed by atoms with Crippen LogP contribution in [0.25, 0.3) is 5.69 Å². The number of nitrogens with zero attached hydrogens (tertiary/aromatic N) is 4. The Morgan fingerprint density at radius 3 is 2.48 bits per heavy atom. The molecule has 0 saturated heterocycles. The predicted octanol–water partition coefficient (Wildman–Crippen LogP) is 2.70. The summed E-state index contributed by atoms with van der Waals surface area (Å²) in [6.45, 7) is 13.4. The van der Waals surface area contributed by atoms with Gasteiger partial charge >= 0.3 is 0 Å². The van der Waals surface area contributed by atoms with E-state index >= 15 is 0 Å². The van der Waals surface area contributed by atoms with E-state index in [1.54, 1.807) is 6.20 Å². The number of hydrogen-bond donors (Lipinski definition) is 2. The lowest BCUT2D eigenvalue weighted by Crippen LogP contribution is -2.40. The zero-order chi connectivity index (χ0) is 19.5. The van der Waals surface area contributed by atoms with Crippen LogP contribution in [0, 0.1) is 0 Å². The number of aliphatic imine (C=N–C) groups is 1. The molecule has 6 nitrogen and oxygen atoms in total. The summed E-state index contributed by atoms with van der Waals surface area (Å²) in [6.07, 6.45) is 4.70. The van der Waals surface area contributed by atoms with E-state index in [2.05, 4.69) is 72.6 Å². The van der Waals surface area contributed by atoms with Crippen molar-refractivity contribution in [3.05, 3.63) is 48.3 Å². The minimum Gasteiger partial charge on any atom is -0.357 e. The molecule has 0 amide bonds. The molecule has 1 aromatic heterocycles. The van der Waals surface area contributed by atoms with Gasteiger partial charge in [0.1, 0.15) is 0 Å². The highest BCUT2D eigenvalue weighted by molar-refractivity contribution is 5.79. The number of nitrogens with one attached hydrogen (secondary N) is 2. The molecule has 0 aliphatic rings. The maximum absolute atomic E-state index is 4.75. The third-order valence-corrected chi connectivity index (χ3v) is 4.70. The number of likely N-dealkylation sites (N-methyl/N-ethyl adjacent to an activating group) is 1. The van der Waals surface area contributed by atoms with Gasteiger partial charge < -0.3 is 10.6 Å². The molecule has 0 aliphatic carbocycles. The summed E-state index contributed by atoms with van der Waals surface area (Å²) in [5, 5.41) is 11.0. The Kier molecular flexibility index (Phi) is 8.84. The second kappa shape index (κ2) is 11.4. The Morgan fingerprint density at radius 1 is 1.15 bits per heavy atom. The third kappa shape index (κ3) is 6.71. The van der Waals surface area contributed by atoms with Gasteiger partial charge in [0.2, 0.25) is 0 Å². The standard InChI is InChI=1S/C21H34N6/c1-5-22-21(24-17-18(4)26(6-2)7-3)23-15-13-19-9-11-20(12-10-19)27-16-8-14-25-27/h8-12,14,16,18H,5-7,13,15,17H2,1-4H3,(H2,22,23,24). The maximum Gasteiger partial charge on any atom is 0.191 e. The van der Waals surface area contributed by atoms with Gasteiger partial charge in [-0.25, -0.2) is 4.68 Å². The SMILES string of the molecule is CCNC(=NCC(C)N(CC)CC)NCCc1ccc(-n2cccn2)cc1. The first-order valence-corrected chi connectivity index (χ1v) is 10.0. The normalized spacial score (nSPS) is 13.0. The number of rotatable bonds is 10. The van der Waals surface area contributed by atoms with E-state index in [9.17, 15) is 0 Å². The summed E-state index contributed by atoms with van der Waals surface area (Å²) < 4.78 is 1.87. The number of aromatic nitrogens is 2. The van der Waals surface area contributed by atoms with Gasteiger partial charge in [-0.1, -0.05) is 26.0 Å². The fourth-order valence-corrected chi connectivity index (χ4v) is 3.09. The lowest BCUT2D eigenvalue weighted by atomic mass is 10.1. The molecule has 2 aromatic rings. The van der Waals surface area contributed by atoms with Gasteiger partial charge in [-0.2, -0.15) is 5.10 Å². The quantitative estimate of drug-likeness (QED) is 0.499. The van der Waals surface area contributed by atoms with Crippen LogP contribution < -0.4 is 10.6 Å². The van der Waals surface area contributed by atoms with Gasteiger partial charge in [-0.3, -0.25) is 9.89 Å². The van der Waals surface area contributed by atoms with Crippen LogP contribution >= 0.6 is 0 Å². The van der Waals surface area contributed by atoms with Crippen LogP contribution in [0.2, 0.25) is 0 Å². The molecule has 2 rings (SSSR count). The Morgan fingerprint density at radius 2 is 1.89 bits per heavy atom. The van der Waals surface area contributed by atoms with Crippen LogP contribution in [-0.2, 0) is 6.42 Å². The van der Waals surface area contributed by atoms with Crippen molar-refractivity contribution in [2.75, 3.05) is 32.7 Å². The van der Waals surface area contributed by atoms with Crippen LogP contribution in [0.1, 0.15) is 33.3 Å². The van der Waals surface area contributed by atoms with Crippen LogP contribution in [0.5, 0.6) is 0 Å². The molecule has 0 bridgehead atoms. The van der Waals surface area contributed by atoms with Crippen molar-refractivity contribution in [3.8, 4) is 5.69 Å². The van der Waals surface area contributed by atoms with Gasteiger partial charge in [0, 0.05) is 31.5 Å². The van der Waals surface area contributed by atoms with Gasteiger partial charge in [-0.15, -0.1) is 0 Å². The first-order chi connectivity index (χ1) is 13.2. The molecule has 0 spiro atoms. The first kappa shape index (κ1) is 21.0. The van der Waals surface area contributed by atoms with Crippen LogP contribution in [0.3, 0.4) is 0 Å². The molecule has 2 N–H and O–H groups in total. The van der Waals surface area contributed by atoms with Gasteiger partial charge in [0.25, 0.3) is 0 Å². The topological polar surface area (TPSA) is 57.5 Å². The van der Waals surface area contributed by atoms with E-state index in [1.165, 1.54) is 5.56 Å². The second-order valence-corrected chi connectivity index (χ2v) is 6.58. The molecular weight excluding hydrogens is 336 g/mol. The van der Waals surface area contributed by atoms with E-state index in [-0.39, 0.29) is 0 Å². The largest absolute Gasteiger partial charge is 0.357 e. The van der Waals surface area contributed by atoms with Gasteiger partial charge in [-0.05, 0) is 57.1 Å². The third-order valence-electron chi connectivity index (χ3n) is 4.70. The predicted molar refractivity (Wildman–Crippen MR) is 114 cm³/mol. The van der Waals surface area contributed by atoms with Crippen molar-refractivity contribution in [1.29, 1.82) is 0 Å². The Hall–Kier alpha value is -2.34. The second-order valence-electron chi connectivity index (χ2n) is 6.58. The van der Waals surface area contributed by atoms with Crippen LogP contribution in [0.15, 0.2) is 47.7 Å². The molecule has 0 aliphatic heterocycles. The molecule has 0 saturated carbocycles. The summed E-state index contributed by atoms with van der Waals surface area (Å²) >= 11 is 0. The minimum atomic E-state index is 0.449. The lowest BCUT2D eigenvalue weighted by Gasteiger charge is -2.25. The summed E-state index contributed by atoms with van der Waals surface area (Å²) in [5.74, 6) is 0.893. The Balaban J connectivity index is 1.83. The lowest BCUT2D eigenvalue weighted by molar-refractivity contribution is 0.237. The zero-order valence-electron chi connectivity index (χ0n) is 17.2. The molecule has 0 fully saturated rings. The van der Waals surface area contributed by atoms with Crippen molar-refractivity contribution in [2.45, 2.75) is 40.2 Å². The first-order valence-electron chi connectivity index (χ1n) is 10.0. The van der Waals surface area contributed by atoms with Crippen LogP contribution in [0.4, 0.5) is 0 Å². The summed E-state index contributed by atoms with van der Waals surface area (Å²) in [5.41, 5.74) is 2.38. The average molecular weight is 371 g/mol. The van der Waals surface area contributed by atoms with Crippen molar-refractivity contribution in [3.63, 3.8) is 0 Å². The van der Waals surface area contributed by atoms with Gasteiger partial charge in [0.15, 0.2) is 5.96 Å². The number of hydrogen-bond acceptors (Lipinski definition) is 3. The molecule has 1 unspecified atom stereocenters.